The zero-order valence-electron chi connectivity index (χ0n) is 11.7. The van der Waals surface area contributed by atoms with Gasteiger partial charge in [-0.3, -0.25) is 4.98 Å². The van der Waals surface area contributed by atoms with E-state index in [-0.39, 0.29) is 0 Å². The standard InChI is InChI=1S/C15H20N4O/c1-2-17-13(12-3-4-12)10-15-18-14(19-20-15)9-11-5-7-16-8-6-11/h5-8,12-13,17H,2-4,9-10H2,1H3. The number of hydrogen-bond donors (Lipinski definition) is 1. The number of nitrogens with one attached hydrogen (secondary N) is 1. The van der Waals surface area contributed by atoms with E-state index in [0.717, 1.165) is 36.2 Å². The summed E-state index contributed by atoms with van der Waals surface area (Å²) in [7, 11) is 0. The van der Waals surface area contributed by atoms with Crippen LogP contribution < -0.4 is 5.32 Å². The topological polar surface area (TPSA) is 63.8 Å². The maximum Gasteiger partial charge on any atom is 0.228 e. The van der Waals surface area contributed by atoms with E-state index in [9.17, 15) is 0 Å². The fourth-order valence-corrected chi connectivity index (χ4v) is 2.48. The quantitative estimate of drug-likeness (QED) is 0.835. The molecular formula is C15H20N4O. The highest BCUT2D eigenvalue weighted by molar-refractivity contribution is 5.14. The van der Waals surface area contributed by atoms with Crippen molar-refractivity contribution in [2.45, 2.75) is 38.6 Å². The molecule has 0 amide bonds. The summed E-state index contributed by atoms with van der Waals surface area (Å²) in [6, 6.07) is 4.43. The molecule has 0 radical (unpaired) electrons. The van der Waals surface area contributed by atoms with E-state index in [1.807, 2.05) is 12.1 Å². The van der Waals surface area contributed by atoms with Crippen LogP contribution in [0.15, 0.2) is 29.0 Å². The molecule has 2 aromatic heterocycles. The van der Waals surface area contributed by atoms with Crippen LogP contribution in [0.2, 0.25) is 0 Å². The van der Waals surface area contributed by atoms with Crippen LogP contribution in [0.3, 0.4) is 0 Å². The van der Waals surface area contributed by atoms with Crippen LogP contribution in [-0.4, -0.2) is 27.7 Å². The van der Waals surface area contributed by atoms with Crippen molar-refractivity contribution in [3.63, 3.8) is 0 Å². The minimum absolute atomic E-state index is 0.481. The molecule has 106 valence electrons. The number of nitrogens with zero attached hydrogens (tertiary/aromatic N) is 3. The van der Waals surface area contributed by atoms with Crippen LogP contribution in [-0.2, 0) is 12.8 Å². The van der Waals surface area contributed by atoms with Gasteiger partial charge in [0.25, 0.3) is 0 Å². The lowest BCUT2D eigenvalue weighted by atomic mass is 10.1. The third kappa shape index (κ3) is 3.42. The minimum Gasteiger partial charge on any atom is -0.339 e. The van der Waals surface area contributed by atoms with Crippen molar-refractivity contribution in [3.05, 3.63) is 41.8 Å². The molecule has 0 saturated heterocycles. The van der Waals surface area contributed by atoms with E-state index in [4.69, 9.17) is 4.52 Å². The maximum atomic E-state index is 5.37. The van der Waals surface area contributed by atoms with E-state index in [1.165, 1.54) is 12.8 Å². The second-order valence-corrected chi connectivity index (χ2v) is 5.34. The second kappa shape index (κ2) is 6.13. The Morgan fingerprint density at radius 1 is 1.35 bits per heavy atom. The van der Waals surface area contributed by atoms with Gasteiger partial charge in [0.15, 0.2) is 5.82 Å². The average Bonchev–Trinajstić information content (AvgIpc) is 3.22. The van der Waals surface area contributed by atoms with Gasteiger partial charge in [-0.2, -0.15) is 4.98 Å². The van der Waals surface area contributed by atoms with E-state index >= 15 is 0 Å². The first-order chi connectivity index (χ1) is 9.85. The Labute approximate surface area is 118 Å². The molecule has 0 spiro atoms. The fourth-order valence-electron chi connectivity index (χ4n) is 2.48. The van der Waals surface area contributed by atoms with Crippen LogP contribution in [0.4, 0.5) is 0 Å². The average molecular weight is 272 g/mol. The molecule has 0 aromatic carbocycles. The first-order valence-electron chi connectivity index (χ1n) is 7.29. The maximum absolute atomic E-state index is 5.37. The van der Waals surface area contributed by atoms with E-state index < -0.39 is 0 Å². The molecule has 1 N–H and O–H groups in total. The van der Waals surface area contributed by atoms with Crippen LogP contribution in [0.25, 0.3) is 0 Å². The van der Waals surface area contributed by atoms with Crippen LogP contribution >= 0.6 is 0 Å². The molecule has 3 rings (SSSR count). The molecule has 0 bridgehead atoms. The molecule has 1 saturated carbocycles. The Kier molecular flexibility index (Phi) is 4.06. The van der Waals surface area contributed by atoms with Gasteiger partial charge < -0.3 is 9.84 Å². The van der Waals surface area contributed by atoms with Gasteiger partial charge in [0.1, 0.15) is 0 Å². The SMILES string of the molecule is CCNC(Cc1nc(Cc2ccncc2)no1)C1CC1. The predicted octanol–water partition coefficient (Wildman–Crippen LogP) is 1.99. The van der Waals surface area contributed by atoms with Crippen molar-refractivity contribution < 1.29 is 4.52 Å². The van der Waals surface area contributed by atoms with Gasteiger partial charge in [0.2, 0.25) is 5.89 Å². The third-order valence-electron chi connectivity index (χ3n) is 3.67. The van der Waals surface area contributed by atoms with Crippen molar-refractivity contribution in [1.29, 1.82) is 0 Å². The van der Waals surface area contributed by atoms with Crippen molar-refractivity contribution in [2.75, 3.05) is 6.54 Å². The lowest BCUT2D eigenvalue weighted by Gasteiger charge is -2.14. The summed E-state index contributed by atoms with van der Waals surface area (Å²) in [6.07, 6.45) is 7.73. The summed E-state index contributed by atoms with van der Waals surface area (Å²) >= 11 is 0. The van der Waals surface area contributed by atoms with Crippen LogP contribution in [0.1, 0.15) is 37.0 Å². The molecule has 20 heavy (non-hydrogen) atoms. The number of likely N-dealkylation sites (N-methyl/N-ethyl adjacent to an activating group) is 1. The van der Waals surface area contributed by atoms with Gasteiger partial charge in [-0.1, -0.05) is 12.1 Å². The number of pyridine rings is 1. The normalized spacial score (nSPS) is 16.2. The Morgan fingerprint density at radius 2 is 2.15 bits per heavy atom. The first kappa shape index (κ1) is 13.2. The third-order valence-corrected chi connectivity index (χ3v) is 3.67. The summed E-state index contributed by atoms with van der Waals surface area (Å²) in [4.78, 5) is 8.51. The van der Waals surface area contributed by atoms with Crippen molar-refractivity contribution in [2.24, 2.45) is 5.92 Å². The Bertz CT molecular complexity index is 536. The smallest absolute Gasteiger partial charge is 0.228 e. The molecule has 5 nitrogen and oxygen atoms in total. The predicted molar refractivity (Wildman–Crippen MR) is 75.2 cm³/mol. The molecule has 5 heteroatoms. The summed E-state index contributed by atoms with van der Waals surface area (Å²) in [5.41, 5.74) is 1.15. The zero-order valence-corrected chi connectivity index (χ0v) is 11.7. The monoisotopic (exact) mass is 272 g/mol. The summed E-state index contributed by atoms with van der Waals surface area (Å²) in [5.74, 6) is 2.27. The van der Waals surface area contributed by atoms with Crippen LogP contribution in [0, 0.1) is 5.92 Å². The van der Waals surface area contributed by atoms with E-state index in [0.29, 0.717) is 12.5 Å². The zero-order chi connectivity index (χ0) is 13.8. The highest BCUT2D eigenvalue weighted by Gasteiger charge is 2.31. The molecule has 1 aliphatic rings. The molecule has 2 heterocycles. The van der Waals surface area contributed by atoms with Gasteiger partial charge in [-0.05, 0) is 43.0 Å². The largest absolute Gasteiger partial charge is 0.339 e. The number of rotatable bonds is 7. The highest BCUT2D eigenvalue weighted by atomic mass is 16.5. The molecular weight excluding hydrogens is 252 g/mol. The highest BCUT2D eigenvalue weighted by Crippen LogP contribution is 2.33. The van der Waals surface area contributed by atoms with Gasteiger partial charge in [0.05, 0.1) is 0 Å². The van der Waals surface area contributed by atoms with Crippen molar-refractivity contribution in [3.8, 4) is 0 Å². The second-order valence-electron chi connectivity index (χ2n) is 5.34. The summed E-state index contributed by atoms with van der Waals surface area (Å²) < 4.78 is 5.37. The Hall–Kier alpha value is -1.75. The van der Waals surface area contributed by atoms with Gasteiger partial charge >= 0.3 is 0 Å². The molecule has 1 atom stereocenters. The van der Waals surface area contributed by atoms with E-state index in [2.05, 4.69) is 27.4 Å². The van der Waals surface area contributed by atoms with E-state index in [1.54, 1.807) is 12.4 Å². The molecule has 1 unspecified atom stereocenters. The molecule has 1 fully saturated rings. The minimum atomic E-state index is 0.481. The van der Waals surface area contributed by atoms with Crippen molar-refractivity contribution in [1.82, 2.24) is 20.4 Å². The summed E-state index contributed by atoms with van der Waals surface area (Å²) in [5, 5.41) is 7.59. The van der Waals surface area contributed by atoms with Crippen molar-refractivity contribution >= 4 is 0 Å². The Balaban J connectivity index is 1.61. The fraction of sp³-hybridized carbons (Fsp3) is 0.533. The molecule has 2 aromatic rings. The first-order valence-corrected chi connectivity index (χ1v) is 7.29. The lowest BCUT2D eigenvalue weighted by molar-refractivity contribution is 0.345. The van der Waals surface area contributed by atoms with Gasteiger partial charge in [-0.15, -0.1) is 0 Å². The molecule has 0 aliphatic heterocycles. The Morgan fingerprint density at radius 3 is 2.85 bits per heavy atom. The number of aromatic nitrogens is 3. The van der Waals surface area contributed by atoms with Gasteiger partial charge in [0, 0.05) is 31.3 Å². The van der Waals surface area contributed by atoms with Gasteiger partial charge in [-0.25, -0.2) is 0 Å². The summed E-state index contributed by atoms with van der Waals surface area (Å²) in [6.45, 7) is 3.12. The number of hydrogen-bond acceptors (Lipinski definition) is 5. The lowest BCUT2D eigenvalue weighted by Crippen LogP contribution is -2.33. The van der Waals surface area contributed by atoms with Crippen LogP contribution in [0.5, 0.6) is 0 Å². The molecule has 1 aliphatic carbocycles.